The number of nitrogens with zero attached hydrogens (tertiary/aromatic N) is 5. The lowest BCUT2D eigenvalue weighted by Gasteiger charge is -2.17. The van der Waals surface area contributed by atoms with E-state index in [4.69, 9.17) is 0 Å². The van der Waals surface area contributed by atoms with Crippen LogP contribution in [0.3, 0.4) is 0 Å². The quantitative estimate of drug-likeness (QED) is 0.683. The van der Waals surface area contributed by atoms with Crippen LogP contribution in [0.5, 0.6) is 0 Å². The second-order valence-corrected chi connectivity index (χ2v) is 6.69. The molecule has 0 saturated heterocycles. The van der Waals surface area contributed by atoms with Crippen molar-refractivity contribution in [3.05, 3.63) is 72.3 Å². The Morgan fingerprint density at radius 2 is 1.61 bits per heavy atom. The molecule has 7 nitrogen and oxygen atoms in total. The number of hydrogen-bond acceptors (Lipinski definition) is 6. The van der Waals surface area contributed by atoms with Crippen molar-refractivity contribution in [3.8, 4) is 0 Å². The molecule has 0 unspecified atom stereocenters. The van der Waals surface area contributed by atoms with E-state index in [1.54, 1.807) is 36.7 Å². The predicted molar refractivity (Wildman–Crippen MR) is 111 cm³/mol. The lowest BCUT2D eigenvalue weighted by Crippen LogP contribution is -2.29. The molecule has 0 spiro atoms. The molecule has 2 aromatic heterocycles. The van der Waals surface area contributed by atoms with Crippen LogP contribution < -0.4 is 10.2 Å². The third-order valence-corrected chi connectivity index (χ3v) is 4.37. The summed E-state index contributed by atoms with van der Waals surface area (Å²) in [5, 5.41) is 3.14. The molecule has 144 valence electrons. The van der Waals surface area contributed by atoms with E-state index in [9.17, 15) is 4.79 Å². The van der Waals surface area contributed by atoms with Crippen LogP contribution in [0, 0.1) is 0 Å². The van der Waals surface area contributed by atoms with Crippen LogP contribution in [-0.2, 0) is 6.42 Å². The van der Waals surface area contributed by atoms with Gasteiger partial charge >= 0.3 is 0 Å². The highest BCUT2D eigenvalue weighted by molar-refractivity contribution is 5.93. The Balaban J connectivity index is 1.57. The topological polar surface area (TPSA) is 74.2 Å². The summed E-state index contributed by atoms with van der Waals surface area (Å²) < 4.78 is 0. The fraction of sp³-hybridized carbons (Fsp3) is 0.238. The molecule has 1 aromatic carbocycles. The number of likely N-dealkylation sites (N-methyl/N-ethyl adjacent to an activating group) is 1. The number of benzene rings is 1. The van der Waals surface area contributed by atoms with Gasteiger partial charge in [-0.1, -0.05) is 0 Å². The summed E-state index contributed by atoms with van der Waals surface area (Å²) >= 11 is 0. The number of carbonyl (C=O) groups excluding carboxylic acids is 1. The van der Waals surface area contributed by atoms with Gasteiger partial charge in [0, 0.05) is 63.8 Å². The summed E-state index contributed by atoms with van der Waals surface area (Å²) in [6, 6.07) is 11.9. The molecule has 3 aromatic rings. The molecule has 2 heterocycles. The minimum absolute atomic E-state index is 0.101. The first-order valence-electron chi connectivity index (χ1n) is 9.04. The minimum Gasteiger partial charge on any atom is -0.378 e. The van der Waals surface area contributed by atoms with Crippen molar-refractivity contribution in [1.29, 1.82) is 0 Å². The second kappa shape index (κ2) is 8.94. The number of anilines is 3. The van der Waals surface area contributed by atoms with Crippen molar-refractivity contribution in [3.63, 3.8) is 0 Å². The van der Waals surface area contributed by atoms with Gasteiger partial charge in [-0.25, -0.2) is 9.97 Å². The van der Waals surface area contributed by atoms with Crippen molar-refractivity contribution in [2.75, 3.05) is 37.9 Å². The van der Waals surface area contributed by atoms with Gasteiger partial charge in [-0.15, -0.1) is 0 Å². The summed E-state index contributed by atoms with van der Waals surface area (Å²) in [5.74, 6) is 0.351. The van der Waals surface area contributed by atoms with Crippen LogP contribution >= 0.6 is 0 Å². The van der Waals surface area contributed by atoms with Crippen molar-refractivity contribution >= 4 is 23.2 Å². The van der Waals surface area contributed by atoms with E-state index in [0.29, 0.717) is 18.1 Å². The summed E-state index contributed by atoms with van der Waals surface area (Å²) in [4.78, 5) is 28.8. The Morgan fingerprint density at radius 3 is 2.21 bits per heavy atom. The van der Waals surface area contributed by atoms with Gasteiger partial charge in [0.25, 0.3) is 5.91 Å². The summed E-state index contributed by atoms with van der Waals surface area (Å²) in [5.41, 5.74) is 3.61. The maximum absolute atomic E-state index is 12.5. The van der Waals surface area contributed by atoms with E-state index in [0.717, 1.165) is 23.4 Å². The van der Waals surface area contributed by atoms with Crippen LogP contribution in [0.2, 0.25) is 0 Å². The Hall–Kier alpha value is -3.48. The van der Waals surface area contributed by atoms with E-state index >= 15 is 0 Å². The Kier molecular flexibility index (Phi) is 6.16. The number of amides is 1. The molecule has 1 N–H and O–H groups in total. The fourth-order valence-corrected chi connectivity index (χ4v) is 2.64. The molecule has 1 amide bonds. The van der Waals surface area contributed by atoms with Crippen LogP contribution in [-0.4, -0.2) is 53.4 Å². The highest BCUT2D eigenvalue weighted by Crippen LogP contribution is 2.18. The van der Waals surface area contributed by atoms with Crippen molar-refractivity contribution < 1.29 is 4.79 Å². The predicted octanol–water partition coefficient (Wildman–Crippen LogP) is 3.00. The summed E-state index contributed by atoms with van der Waals surface area (Å²) in [6.07, 6.45) is 7.38. The number of rotatable bonds is 7. The van der Waals surface area contributed by atoms with Crippen molar-refractivity contribution in [2.24, 2.45) is 0 Å². The Labute approximate surface area is 165 Å². The van der Waals surface area contributed by atoms with Gasteiger partial charge in [0.1, 0.15) is 0 Å². The van der Waals surface area contributed by atoms with Crippen molar-refractivity contribution in [2.45, 2.75) is 6.42 Å². The second-order valence-electron chi connectivity index (χ2n) is 6.69. The first-order valence-corrected chi connectivity index (χ1v) is 9.04. The van der Waals surface area contributed by atoms with E-state index < -0.39 is 0 Å². The molecule has 3 rings (SSSR count). The van der Waals surface area contributed by atoms with Gasteiger partial charge in [0.15, 0.2) is 0 Å². The SMILES string of the molecule is CN(CCc1ccncc1)C(=O)c1cnc(Nc2ccc(N(C)C)cc2)nc1. The lowest BCUT2D eigenvalue weighted by atomic mass is 10.2. The number of carbonyl (C=O) groups is 1. The normalized spacial score (nSPS) is 10.4. The fourth-order valence-electron chi connectivity index (χ4n) is 2.64. The summed E-state index contributed by atoms with van der Waals surface area (Å²) in [7, 11) is 5.77. The average Bonchev–Trinajstić information content (AvgIpc) is 2.73. The van der Waals surface area contributed by atoms with Crippen LogP contribution in [0.4, 0.5) is 17.3 Å². The third kappa shape index (κ3) is 5.03. The van der Waals surface area contributed by atoms with E-state index in [1.165, 1.54) is 0 Å². The van der Waals surface area contributed by atoms with E-state index in [-0.39, 0.29) is 5.91 Å². The minimum atomic E-state index is -0.101. The molecule has 0 radical (unpaired) electrons. The molecule has 0 aliphatic carbocycles. The molecule has 0 aliphatic rings. The number of hydrogen-bond donors (Lipinski definition) is 1. The molecular weight excluding hydrogens is 352 g/mol. The molecule has 0 fully saturated rings. The monoisotopic (exact) mass is 376 g/mol. The largest absolute Gasteiger partial charge is 0.378 e. The van der Waals surface area contributed by atoms with Crippen LogP contribution in [0.15, 0.2) is 61.2 Å². The first-order chi connectivity index (χ1) is 13.5. The van der Waals surface area contributed by atoms with Gasteiger partial charge < -0.3 is 15.1 Å². The zero-order valence-corrected chi connectivity index (χ0v) is 16.3. The van der Waals surface area contributed by atoms with Crippen LogP contribution in [0.1, 0.15) is 15.9 Å². The van der Waals surface area contributed by atoms with E-state index in [2.05, 4.69) is 20.3 Å². The molecule has 7 heteroatoms. The van der Waals surface area contributed by atoms with Gasteiger partial charge in [-0.2, -0.15) is 0 Å². The number of nitrogens with one attached hydrogen (secondary N) is 1. The first kappa shape index (κ1) is 19.3. The van der Waals surface area contributed by atoms with Crippen molar-refractivity contribution in [1.82, 2.24) is 19.9 Å². The average molecular weight is 376 g/mol. The Bertz CT molecular complexity index is 894. The van der Waals surface area contributed by atoms with Gasteiger partial charge in [0.05, 0.1) is 5.56 Å². The molecule has 0 atom stereocenters. The maximum Gasteiger partial charge on any atom is 0.256 e. The zero-order valence-electron chi connectivity index (χ0n) is 16.3. The maximum atomic E-state index is 12.5. The molecule has 0 saturated carbocycles. The van der Waals surface area contributed by atoms with Gasteiger partial charge in [-0.05, 0) is 48.4 Å². The van der Waals surface area contributed by atoms with E-state index in [1.807, 2.05) is 55.4 Å². The molecule has 0 aliphatic heterocycles. The summed E-state index contributed by atoms with van der Waals surface area (Å²) in [6.45, 7) is 0.612. The number of pyridine rings is 1. The molecule has 0 bridgehead atoms. The lowest BCUT2D eigenvalue weighted by molar-refractivity contribution is 0.0796. The number of aromatic nitrogens is 3. The smallest absolute Gasteiger partial charge is 0.256 e. The molecule has 28 heavy (non-hydrogen) atoms. The van der Waals surface area contributed by atoms with Gasteiger partial charge in [0.2, 0.25) is 5.95 Å². The highest BCUT2D eigenvalue weighted by Gasteiger charge is 2.13. The zero-order chi connectivity index (χ0) is 19.9. The highest BCUT2D eigenvalue weighted by atomic mass is 16.2. The standard InChI is InChI=1S/C21H24N6O/c1-26(2)19-6-4-18(5-7-19)25-21-23-14-17(15-24-21)20(28)27(3)13-10-16-8-11-22-12-9-16/h4-9,11-12,14-15H,10,13H2,1-3H3,(H,23,24,25). The third-order valence-electron chi connectivity index (χ3n) is 4.37. The van der Waals surface area contributed by atoms with Gasteiger partial charge in [-0.3, -0.25) is 9.78 Å². The molecular formula is C21H24N6O. The van der Waals surface area contributed by atoms with Crippen LogP contribution in [0.25, 0.3) is 0 Å². The Morgan fingerprint density at radius 1 is 0.964 bits per heavy atom.